The van der Waals surface area contributed by atoms with Gasteiger partial charge in [-0.3, -0.25) is 14.4 Å². The number of hydrogen-bond acceptors (Lipinski definition) is 7. The van der Waals surface area contributed by atoms with Crippen LogP contribution in [0.1, 0.15) is 39.0 Å². The predicted molar refractivity (Wildman–Crippen MR) is 176 cm³/mol. The van der Waals surface area contributed by atoms with Crippen molar-refractivity contribution >= 4 is 29.1 Å². The maximum absolute atomic E-state index is 14.7. The van der Waals surface area contributed by atoms with E-state index in [1.807, 2.05) is 31.2 Å². The van der Waals surface area contributed by atoms with Crippen LogP contribution in [0, 0.1) is 11.8 Å². The Balaban J connectivity index is 1.51. The highest BCUT2D eigenvalue weighted by atomic mass is 16.5. The summed E-state index contributed by atoms with van der Waals surface area (Å²) in [4.78, 5) is 48.5. The molecular formula is C36H45N3O7. The number of benzene rings is 2. The summed E-state index contributed by atoms with van der Waals surface area (Å²) in [6, 6.07) is 13.6. The van der Waals surface area contributed by atoms with Gasteiger partial charge in [0.2, 0.25) is 11.8 Å². The summed E-state index contributed by atoms with van der Waals surface area (Å²) in [5, 5.41) is 9.35. The smallest absolute Gasteiger partial charge is 0.253 e. The van der Waals surface area contributed by atoms with Crippen LogP contribution in [-0.4, -0.2) is 85.4 Å². The lowest BCUT2D eigenvalue weighted by Crippen LogP contribution is -2.56. The first kappa shape index (κ1) is 33.2. The number of ether oxygens (including phenoxy) is 3. The number of anilines is 2. The lowest BCUT2D eigenvalue weighted by molar-refractivity contribution is -0.140. The molecule has 2 unspecified atom stereocenters. The minimum Gasteiger partial charge on any atom is -0.497 e. The fraction of sp³-hybridized carbons (Fsp3) is 0.472. The number of carbonyl (C=O) groups excluding carboxylic acids is 3. The predicted octanol–water partition coefficient (Wildman–Crippen LogP) is 4.37. The van der Waals surface area contributed by atoms with Crippen molar-refractivity contribution in [3.63, 3.8) is 0 Å². The number of carbonyl (C=O) groups is 3. The van der Waals surface area contributed by atoms with Crippen LogP contribution in [0.3, 0.4) is 0 Å². The molecule has 5 atom stereocenters. The number of amides is 3. The quantitative estimate of drug-likeness (QED) is 0.217. The number of methoxy groups -OCH3 is 1. The Labute approximate surface area is 271 Å². The van der Waals surface area contributed by atoms with E-state index in [4.69, 9.17) is 14.2 Å². The van der Waals surface area contributed by atoms with Crippen molar-refractivity contribution < 1.29 is 33.7 Å². The first-order chi connectivity index (χ1) is 22.3. The van der Waals surface area contributed by atoms with Crippen molar-refractivity contribution in [2.24, 2.45) is 11.8 Å². The van der Waals surface area contributed by atoms with Crippen molar-refractivity contribution in [3.8, 4) is 11.5 Å². The topological polar surface area (TPSA) is 109 Å². The highest BCUT2D eigenvalue weighted by Gasteiger charge is 2.74. The molecular weight excluding hydrogens is 586 g/mol. The van der Waals surface area contributed by atoms with Gasteiger partial charge in [-0.05, 0) is 87.6 Å². The summed E-state index contributed by atoms with van der Waals surface area (Å²) >= 11 is 0. The largest absolute Gasteiger partial charge is 0.497 e. The molecule has 10 heteroatoms. The van der Waals surface area contributed by atoms with E-state index < -0.39 is 29.6 Å². The molecule has 46 heavy (non-hydrogen) atoms. The molecule has 3 aliphatic rings. The van der Waals surface area contributed by atoms with Gasteiger partial charge in [-0.1, -0.05) is 12.2 Å². The molecule has 10 nitrogen and oxygen atoms in total. The van der Waals surface area contributed by atoms with Gasteiger partial charge in [0.25, 0.3) is 5.91 Å². The third-order valence-electron chi connectivity index (χ3n) is 9.38. The van der Waals surface area contributed by atoms with Gasteiger partial charge in [-0.25, -0.2) is 0 Å². The second-order valence-electron chi connectivity index (χ2n) is 12.0. The van der Waals surface area contributed by atoms with E-state index in [0.717, 1.165) is 0 Å². The van der Waals surface area contributed by atoms with Crippen molar-refractivity contribution in [3.05, 3.63) is 73.8 Å². The van der Waals surface area contributed by atoms with E-state index in [1.165, 1.54) is 0 Å². The second kappa shape index (κ2) is 14.5. The first-order valence-corrected chi connectivity index (χ1v) is 16.2. The summed E-state index contributed by atoms with van der Waals surface area (Å²) < 4.78 is 17.6. The molecule has 2 aromatic rings. The minimum absolute atomic E-state index is 0.0551. The number of nitrogens with zero attached hydrogens (tertiary/aromatic N) is 3. The number of aliphatic hydroxyl groups is 1. The van der Waals surface area contributed by atoms with Crippen LogP contribution in [0.4, 0.5) is 11.4 Å². The zero-order chi connectivity index (χ0) is 32.8. The van der Waals surface area contributed by atoms with Gasteiger partial charge in [-0.2, -0.15) is 0 Å². The summed E-state index contributed by atoms with van der Waals surface area (Å²) in [5.41, 5.74) is 0.174. The highest BCUT2D eigenvalue weighted by molar-refractivity contribution is 6.06. The molecule has 0 saturated carbocycles. The molecule has 3 saturated heterocycles. The number of unbranched alkanes of at least 4 members (excludes halogenated alkanes) is 2. The fourth-order valence-electron chi connectivity index (χ4n) is 7.41. The van der Waals surface area contributed by atoms with Crippen LogP contribution in [-0.2, 0) is 19.1 Å². The standard InChI is InChI=1S/C36H45N3O7/c1-5-21-37(25-13-17-28(18-14-25)45-7-3)33(41)30-29-19-20-36(46-29)31(30)34(42)39(23-9-8-10-24-40)32(36)35(43)38(22-6-2)26-11-15-27(44-4)16-12-26/h5-6,11-18,29-32,40H,1-2,7-10,19-24H2,3-4H3/t29-,30+,31+,32?,36?/m1/s1. The van der Waals surface area contributed by atoms with Gasteiger partial charge < -0.3 is 34.0 Å². The minimum atomic E-state index is -1.14. The van der Waals surface area contributed by atoms with E-state index in [-0.39, 0.29) is 37.4 Å². The zero-order valence-electron chi connectivity index (χ0n) is 26.8. The van der Waals surface area contributed by atoms with Crippen molar-refractivity contribution in [2.45, 2.75) is 56.8 Å². The van der Waals surface area contributed by atoms with Gasteiger partial charge >= 0.3 is 0 Å². The van der Waals surface area contributed by atoms with Crippen LogP contribution in [0.25, 0.3) is 0 Å². The Bertz CT molecular complexity index is 1410. The zero-order valence-corrected chi connectivity index (χ0v) is 26.8. The van der Waals surface area contributed by atoms with E-state index in [9.17, 15) is 19.5 Å². The van der Waals surface area contributed by atoms with E-state index in [0.29, 0.717) is 68.1 Å². The summed E-state index contributed by atoms with van der Waals surface area (Å²) in [7, 11) is 1.58. The van der Waals surface area contributed by atoms with Crippen LogP contribution in [0.15, 0.2) is 73.8 Å². The van der Waals surface area contributed by atoms with Crippen molar-refractivity contribution in [1.82, 2.24) is 4.90 Å². The molecule has 1 spiro atoms. The normalized spacial score (nSPS) is 24.4. The fourth-order valence-corrected chi connectivity index (χ4v) is 7.41. The molecule has 3 aliphatic heterocycles. The monoisotopic (exact) mass is 631 g/mol. The highest BCUT2D eigenvalue weighted by Crippen LogP contribution is 2.59. The lowest BCUT2D eigenvalue weighted by Gasteiger charge is -2.37. The third-order valence-corrected chi connectivity index (χ3v) is 9.38. The Morgan fingerprint density at radius 1 is 0.978 bits per heavy atom. The number of aliphatic hydroxyl groups excluding tert-OH is 1. The molecule has 0 radical (unpaired) electrons. The van der Waals surface area contributed by atoms with E-state index in [1.54, 1.807) is 58.2 Å². The Morgan fingerprint density at radius 2 is 1.59 bits per heavy atom. The summed E-state index contributed by atoms with van der Waals surface area (Å²) in [5.74, 6) is -0.926. The van der Waals surface area contributed by atoms with Gasteiger partial charge in [0.1, 0.15) is 23.1 Å². The number of fused-ring (bicyclic) bond motifs is 1. The molecule has 246 valence electrons. The molecule has 1 N–H and O–H groups in total. The number of rotatable bonds is 16. The third kappa shape index (κ3) is 6.03. The number of likely N-dealkylation sites (tertiary alicyclic amines) is 1. The van der Waals surface area contributed by atoms with Crippen molar-refractivity contribution in [2.75, 3.05) is 49.8 Å². The van der Waals surface area contributed by atoms with Crippen LogP contribution in [0.2, 0.25) is 0 Å². The molecule has 2 bridgehead atoms. The SMILES string of the molecule is C=CCN(C(=O)C1N(CCCCCO)C(=O)[C@@H]2[C@@H](C(=O)N(CC=C)c3ccc(OCC)cc3)[C@H]3CCC12O3)c1ccc(OC)cc1. The Morgan fingerprint density at radius 3 is 2.15 bits per heavy atom. The van der Waals surface area contributed by atoms with Gasteiger partial charge in [0.15, 0.2) is 0 Å². The summed E-state index contributed by atoms with van der Waals surface area (Å²) in [6.45, 7) is 11.0. The molecule has 3 amide bonds. The van der Waals surface area contributed by atoms with Crippen molar-refractivity contribution in [1.29, 1.82) is 0 Å². The molecule has 0 aromatic heterocycles. The van der Waals surface area contributed by atoms with Crippen LogP contribution in [0.5, 0.6) is 11.5 Å². The van der Waals surface area contributed by atoms with E-state index >= 15 is 0 Å². The van der Waals surface area contributed by atoms with Crippen LogP contribution < -0.4 is 19.3 Å². The molecule has 3 fully saturated rings. The molecule has 2 aromatic carbocycles. The van der Waals surface area contributed by atoms with E-state index in [2.05, 4.69) is 13.2 Å². The maximum atomic E-state index is 14.7. The van der Waals surface area contributed by atoms with Gasteiger partial charge in [0.05, 0.1) is 31.7 Å². The number of hydrogen-bond donors (Lipinski definition) is 1. The van der Waals surface area contributed by atoms with Crippen LogP contribution >= 0.6 is 0 Å². The summed E-state index contributed by atoms with van der Waals surface area (Å²) in [6.07, 6.45) is 5.80. The Hall–Kier alpha value is -4.15. The van der Waals surface area contributed by atoms with Gasteiger partial charge in [0, 0.05) is 37.6 Å². The average molecular weight is 632 g/mol. The molecule has 0 aliphatic carbocycles. The first-order valence-electron chi connectivity index (χ1n) is 16.2. The average Bonchev–Trinajstić information content (AvgIpc) is 3.72. The van der Waals surface area contributed by atoms with Gasteiger partial charge in [-0.15, -0.1) is 13.2 Å². The molecule has 3 heterocycles. The second-order valence-corrected chi connectivity index (χ2v) is 12.0. The Kier molecular flexibility index (Phi) is 10.5. The molecule has 5 rings (SSSR count). The maximum Gasteiger partial charge on any atom is 0.253 e. The lowest BCUT2D eigenvalue weighted by atomic mass is 9.70.